The van der Waals surface area contributed by atoms with Crippen LogP contribution in [0.15, 0.2) is 11.0 Å². The van der Waals surface area contributed by atoms with Gasteiger partial charge in [0.2, 0.25) is 0 Å². The second-order valence-corrected chi connectivity index (χ2v) is 3.17. The maximum absolute atomic E-state index is 12.2. The van der Waals surface area contributed by atoms with Crippen LogP contribution in [-0.4, -0.2) is 4.98 Å². The summed E-state index contributed by atoms with van der Waals surface area (Å²) in [7, 11) is 0. The predicted molar refractivity (Wildman–Crippen MR) is 49.4 cm³/mol. The van der Waals surface area contributed by atoms with Crippen LogP contribution < -0.4 is 5.43 Å². The van der Waals surface area contributed by atoms with E-state index in [0.717, 1.165) is 6.20 Å². The van der Waals surface area contributed by atoms with Gasteiger partial charge in [0.05, 0.1) is 5.56 Å². The number of aryl methyl sites for hydroxylation is 1. The van der Waals surface area contributed by atoms with Crippen molar-refractivity contribution in [2.24, 2.45) is 0 Å². The van der Waals surface area contributed by atoms with Crippen molar-refractivity contribution in [3.05, 3.63) is 33.2 Å². The van der Waals surface area contributed by atoms with Crippen LogP contribution in [-0.2, 0) is 5.33 Å². The highest BCUT2D eigenvalue weighted by Gasteiger charge is 2.15. The van der Waals surface area contributed by atoms with Crippen molar-refractivity contribution >= 4 is 15.9 Å². The minimum atomic E-state index is -2.72. The van der Waals surface area contributed by atoms with Crippen LogP contribution in [0.2, 0.25) is 0 Å². The van der Waals surface area contributed by atoms with Crippen LogP contribution in [0, 0.1) is 6.92 Å². The molecule has 1 heterocycles. The summed E-state index contributed by atoms with van der Waals surface area (Å²) in [5.74, 6) is 0. The van der Waals surface area contributed by atoms with Gasteiger partial charge < -0.3 is 4.98 Å². The average molecular weight is 252 g/mol. The molecule has 0 unspecified atom stereocenters. The number of pyridine rings is 1. The molecule has 72 valence electrons. The van der Waals surface area contributed by atoms with E-state index in [4.69, 9.17) is 0 Å². The van der Waals surface area contributed by atoms with E-state index in [1.54, 1.807) is 6.92 Å². The van der Waals surface area contributed by atoms with Gasteiger partial charge in [0.15, 0.2) is 5.43 Å². The number of halogens is 3. The second kappa shape index (κ2) is 4.00. The van der Waals surface area contributed by atoms with E-state index in [-0.39, 0.29) is 5.33 Å². The minimum Gasteiger partial charge on any atom is -0.364 e. The van der Waals surface area contributed by atoms with Crippen molar-refractivity contribution in [1.82, 2.24) is 4.98 Å². The summed E-state index contributed by atoms with van der Waals surface area (Å²) in [5.41, 5.74) is -0.0766. The molecule has 0 bridgehead atoms. The quantitative estimate of drug-likeness (QED) is 0.806. The van der Waals surface area contributed by atoms with Crippen LogP contribution >= 0.6 is 15.9 Å². The number of aromatic nitrogens is 1. The average Bonchev–Trinajstić information content (AvgIpc) is 2.04. The Balaban J connectivity index is 3.37. The molecule has 0 aliphatic rings. The van der Waals surface area contributed by atoms with Crippen molar-refractivity contribution in [2.75, 3.05) is 0 Å². The summed E-state index contributed by atoms with van der Waals surface area (Å²) in [6.07, 6.45) is -1.66. The summed E-state index contributed by atoms with van der Waals surface area (Å²) < 4.78 is 24.5. The summed E-state index contributed by atoms with van der Waals surface area (Å²) >= 11 is 3.08. The molecule has 0 fully saturated rings. The van der Waals surface area contributed by atoms with Crippen LogP contribution in [0.3, 0.4) is 0 Å². The maximum Gasteiger partial charge on any atom is 0.269 e. The molecule has 1 aromatic heterocycles. The first-order valence-corrected chi connectivity index (χ1v) is 4.75. The number of aromatic amines is 1. The third-order valence-corrected chi connectivity index (χ3v) is 2.36. The lowest BCUT2D eigenvalue weighted by Gasteiger charge is -2.04. The fourth-order valence-electron chi connectivity index (χ4n) is 1.01. The van der Waals surface area contributed by atoms with Crippen LogP contribution in [0.4, 0.5) is 8.78 Å². The molecule has 0 spiro atoms. The van der Waals surface area contributed by atoms with E-state index < -0.39 is 17.4 Å². The molecule has 1 rings (SSSR count). The van der Waals surface area contributed by atoms with E-state index >= 15 is 0 Å². The van der Waals surface area contributed by atoms with Gasteiger partial charge in [-0.15, -0.1) is 0 Å². The number of H-pyrrole nitrogens is 1. The summed E-state index contributed by atoms with van der Waals surface area (Å²) in [6, 6.07) is 0. The third kappa shape index (κ3) is 1.96. The second-order valence-electron chi connectivity index (χ2n) is 2.61. The Morgan fingerprint density at radius 2 is 2.23 bits per heavy atom. The van der Waals surface area contributed by atoms with Crippen LogP contribution in [0.1, 0.15) is 23.2 Å². The molecule has 0 saturated heterocycles. The SMILES string of the molecule is Cc1[nH]cc(C(F)F)c(=O)c1CBr. The third-order valence-electron chi connectivity index (χ3n) is 1.80. The first-order chi connectivity index (χ1) is 6.07. The highest BCUT2D eigenvalue weighted by Crippen LogP contribution is 2.15. The topological polar surface area (TPSA) is 32.9 Å². The number of hydrogen-bond donors (Lipinski definition) is 1. The zero-order chi connectivity index (χ0) is 10.0. The van der Waals surface area contributed by atoms with Gasteiger partial charge in [-0.2, -0.15) is 0 Å². The lowest BCUT2D eigenvalue weighted by molar-refractivity contribution is 0.149. The normalized spacial score (nSPS) is 10.8. The summed E-state index contributed by atoms with van der Waals surface area (Å²) in [5, 5.41) is 0.286. The van der Waals surface area contributed by atoms with Crippen molar-refractivity contribution < 1.29 is 8.78 Å². The number of nitrogens with one attached hydrogen (secondary N) is 1. The van der Waals surface area contributed by atoms with Gasteiger partial charge in [0.25, 0.3) is 6.43 Å². The Morgan fingerprint density at radius 1 is 1.62 bits per heavy atom. The fraction of sp³-hybridized carbons (Fsp3) is 0.375. The van der Waals surface area contributed by atoms with Gasteiger partial charge in [0, 0.05) is 22.8 Å². The summed E-state index contributed by atoms with van der Waals surface area (Å²) in [4.78, 5) is 14.0. The van der Waals surface area contributed by atoms with E-state index in [2.05, 4.69) is 20.9 Å². The van der Waals surface area contributed by atoms with E-state index in [9.17, 15) is 13.6 Å². The zero-order valence-electron chi connectivity index (χ0n) is 6.90. The molecule has 5 heteroatoms. The first-order valence-electron chi connectivity index (χ1n) is 3.63. The smallest absolute Gasteiger partial charge is 0.269 e. The van der Waals surface area contributed by atoms with Gasteiger partial charge in [-0.25, -0.2) is 8.78 Å². The Kier molecular flexibility index (Phi) is 3.19. The lowest BCUT2D eigenvalue weighted by atomic mass is 10.1. The molecule has 0 saturated carbocycles. The van der Waals surface area contributed by atoms with Gasteiger partial charge in [-0.3, -0.25) is 4.79 Å². The molecule has 1 N–H and O–H groups in total. The Bertz CT molecular complexity index is 362. The fourth-order valence-corrected chi connectivity index (χ4v) is 1.68. The van der Waals surface area contributed by atoms with Crippen LogP contribution in [0.5, 0.6) is 0 Å². The zero-order valence-corrected chi connectivity index (χ0v) is 8.49. The monoisotopic (exact) mass is 251 g/mol. The maximum atomic E-state index is 12.2. The molecule has 1 aromatic rings. The molecular weight excluding hydrogens is 244 g/mol. The van der Waals surface area contributed by atoms with E-state index in [0.29, 0.717) is 11.3 Å². The van der Waals surface area contributed by atoms with Crippen molar-refractivity contribution in [1.29, 1.82) is 0 Å². The van der Waals surface area contributed by atoms with E-state index in [1.165, 1.54) is 0 Å². The van der Waals surface area contributed by atoms with E-state index in [1.807, 2.05) is 0 Å². The molecule has 0 amide bonds. The van der Waals surface area contributed by atoms with Crippen LogP contribution in [0.25, 0.3) is 0 Å². The van der Waals surface area contributed by atoms with Gasteiger partial charge >= 0.3 is 0 Å². The Labute approximate surface area is 82.1 Å². The highest BCUT2D eigenvalue weighted by atomic mass is 79.9. The molecule has 13 heavy (non-hydrogen) atoms. The number of rotatable bonds is 2. The van der Waals surface area contributed by atoms with Gasteiger partial charge in [0.1, 0.15) is 0 Å². The van der Waals surface area contributed by atoms with Gasteiger partial charge in [-0.05, 0) is 6.92 Å². The minimum absolute atomic E-state index is 0.286. The first kappa shape index (κ1) is 10.4. The highest BCUT2D eigenvalue weighted by molar-refractivity contribution is 9.08. The van der Waals surface area contributed by atoms with Crippen molar-refractivity contribution in [3.8, 4) is 0 Å². The summed E-state index contributed by atoms with van der Waals surface area (Å²) in [6.45, 7) is 1.67. The molecule has 2 nitrogen and oxygen atoms in total. The Morgan fingerprint density at radius 3 is 2.69 bits per heavy atom. The van der Waals surface area contributed by atoms with Gasteiger partial charge in [-0.1, -0.05) is 15.9 Å². The lowest BCUT2D eigenvalue weighted by Crippen LogP contribution is -2.16. The standard InChI is InChI=1S/C8H8BrF2NO/c1-4-5(2-9)7(13)6(3-12-4)8(10)11/h3,8H,2H2,1H3,(H,12,13). The molecular formula is C8H8BrF2NO. The molecule has 0 atom stereocenters. The predicted octanol–water partition coefficient (Wildman–Crippen LogP) is 2.52. The van der Waals surface area contributed by atoms with Crippen molar-refractivity contribution in [3.63, 3.8) is 0 Å². The molecule has 0 aliphatic carbocycles. The molecule has 0 aliphatic heterocycles. The Hall–Kier alpha value is -0.710. The molecule has 0 radical (unpaired) electrons. The largest absolute Gasteiger partial charge is 0.364 e. The number of hydrogen-bond acceptors (Lipinski definition) is 1. The number of alkyl halides is 3. The van der Waals surface area contributed by atoms with Crippen molar-refractivity contribution in [2.45, 2.75) is 18.7 Å². The molecule has 0 aromatic carbocycles.